The molecule has 0 fully saturated rings. The van der Waals surface area contributed by atoms with E-state index in [4.69, 9.17) is 17.3 Å². The van der Waals surface area contributed by atoms with E-state index in [1.165, 1.54) is 11.1 Å². The Bertz CT molecular complexity index is 1380. The van der Waals surface area contributed by atoms with E-state index in [0.717, 1.165) is 31.4 Å². The van der Waals surface area contributed by atoms with Crippen molar-refractivity contribution >= 4 is 28.9 Å². The fourth-order valence-electron chi connectivity index (χ4n) is 4.41. The summed E-state index contributed by atoms with van der Waals surface area (Å²) >= 11 is 5.86. The highest BCUT2D eigenvalue weighted by atomic mass is 32.1. The molecular weight excluding hydrogens is 406 g/mol. The molecule has 3 heterocycles. The van der Waals surface area contributed by atoms with E-state index in [1.807, 2.05) is 33.3 Å². The average Bonchev–Trinajstić information content (AvgIpc) is 3.09. The van der Waals surface area contributed by atoms with Crippen molar-refractivity contribution in [2.45, 2.75) is 46.4 Å². The summed E-state index contributed by atoms with van der Waals surface area (Å²) < 4.78 is 6.25. The molecule has 0 radical (unpaired) electrons. The summed E-state index contributed by atoms with van der Waals surface area (Å²) in [7, 11) is 0. The SMILES string of the molecule is CC(C)CCn1c(=O)c2ccccc2n2c(=S)n(CN3CCc4ccccc4C3)nc12. The van der Waals surface area contributed by atoms with Gasteiger partial charge in [0.2, 0.25) is 10.5 Å². The first-order valence-electron chi connectivity index (χ1n) is 10.9. The molecule has 6 nitrogen and oxygen atoms in total. The molecule has 5 rings (SSSR count). The monoisotopic (exact) mass is 433 g/mol. The Kier molecular flexibility index (Phi) is 5.24. The summed E-state index contributed by atoms with van der Waals surface area (Å²) in [5.41, 5.74) is 3.61. The van der Waals surface area contributed by atoms with Crippen molar-refractivity contribution < 1.29 is 0 Å². The molecule has 0 bridgehead atoms. The summed E-state index contributed by atoms with van der Waals surface area (Å²) in [6, 6.07) is 16.3. The molecule has 0 N–H and O–H groups in total. The first kappa shape index (κ1) is 20.2. The summed E-state index contributed by atoms with van der Waals surface area (Å²) in [5, 5.41) is 5.53. The zero-order valence-electron chi connectivity index (χ0n) is 18.0. The van der Waals surface area contributed by atoms with Gasteiger partial charge in [0, 0.05) is 19.6 Å². The zero-order chi connectivity index (χ0) is 21.5. The Hall–Kier alpha value is -2.77. The number of hydrogen-bond donors (Lipinski definition) is 0. The maximum absolute atomic E-state index is 13.3. The molecule has 2 aromatic carbocycles. The van der Waals surface area contributed by atoms with Crippen LogP contribution in [0.15, 0.2) is 53.3 Å². The number of nitrogens with zero attached hydrogens (tertiary/aromatic N) is 5. The largest absolute Gasteiger partial charge is 0.280 e. The van der Waals surface area contributed by atoms with E-state index < -0.39 is 0 Å². The maximum atomic E-state index is 13.3. The van der Waals surface area contributed by atoms with Crippen molar-refractivity contribution in [2.75, 3.05) is 6.54 Å². The van der Waals surface area contributed by atoms with E-state index >= 15 is 0 Å². The molecule has 0 saturated heterocycles. The highest BCUT2D eigenvalue weighted by Gasteiger charge is 2.19. The van der Waals surface area contributed by atoms with Crippen LogP contribution in [0.5, 0.6) is 0 Å². The Morgan fingerprint density at radius 2 is 1.81 bits per heavy atom. The number of fused-ring (bicyclic) bond motifs is 4. The van der Waals surface area contributed by atoms with Crippen LogP contribution in [-0.2, 0) is 26.2 Å². The minimum Gasteiger partial charge on any atom is -0.280 e. The van der Waals surface area contributed by atoms with Crippen molar-refractivity contribution in [1.82, 2.24) is 23.6 Å². The van der Waals surface area contributed by atoms with Gasteiger partial charge in [0.25, 0.3) is 5.56 Å². The fraction of sp³-hybridized carbons (Fsp3) is 0.375. The van der Waals surface area contributed by atoms with Crippen LogP contribution in [0.4, 0.5) is 0 Å². The van der Waals surface area contributed by atoms with Gasteiger partial charge in [-0.05, 0) is 54.2 Å². The van der Waals surface area contributed by atoms with Crippen molar-refractivity contribution in [3.63, 3.8) is 0 Å². The van der Waals surface area contributed by atoms with E-state index in [-0.39, 0.29) is 5.56 Å². The minimum absolute atomic E-state index is 0.00259. The Labute approximate surface area is 186 Å². The van der Waals surface area contributed by atoms with Crippen LogP contribution in [0.1, 0.15) is 31.4 Å². The van der Waals surface area contributed by atoms with Crippen LogP contribution in [0.3, 0.4) is 0 Å². The van der Waals surface area contributed by atoms with Crippen LogP contribution in [0.25, 0.3) is 16.7 Å². The molecule has 0 saturated carbocycles. The zero-order valence-corrected chi connectivity index (χ0v) is 18.8. The van der Waals surface area contributed by atoms with Crippen molar-refractivity contribution in [3.8, 4) is 0 Å². The summed E-state index contributed by atoms with van der Waals surface area (Å²) in [5.74, 6) is 1.13. The number of benzene rings is 2. The second-order valence-corrected chi connectivity index (χ2v) is 9.15. The Morgan fingerprint density at radius 3 is 2.61 bits per heavy atom. The second-order valence-electron chi connectivity index (χ2n) is 8.79. The molecule has 2 aromatic heterocycles. The third-order valence-electron chi connectivity index (χ3n) is 6.16. The lowest BCUT2D eigenvalue weighted by Gasteiger charge is -2.28. The molecule has 7 heteroatoms. The number of hydrogen-bond acceptors (Lipinski definition) is 4. The molecule has 4 aromatic rings. The number of aryl methyl sites for hydroxylation is 1. The first-order chi connectivity index (χ1) is 15.0. The quantitative estimate of drug-likeness (QED) is 0.442. The van der Waals surface area contributed by atoms with Gasteiger partial charge in [0.05, 0.1) is 17.6 Å². The molecule has 0 spiro atoms. The third-order valence-corrected chi connectivity index (χ3v) is 6.55. The molecule has 0 unspecified atom stereocenters. The maximum Gasteiger partial charge on any atom is 0.262 e. The van der Waals surface area contributed by atoms with Crippen molar-refractivity contribution in [2.24, 2.45) is 5.92 Å². The predicted octanol–water partition coefficient (Wildman–Crippen LogP) is 4.24. The van der Waals surface area contributed by atoms with E-state index in [9.17, 15) is 4.79 Å². The van der Waals surface area contributed by atoms with Crippen LogP contribution >= 0.6 is 12.2 Å². The Morgan fingerprint density at radius 1 is 1.06 bits per heavy atom. The van der Waals surface area contributed by atoms with E-state index in [1.54, 1.807) is 4.57 Å². The molecule has 1 aliphatic heterocycles. The first-order valence-corrected chi connectivity index (χ1v) is 11.3. The summed E-state index contributed by atoms with van der Waals surface area (Å²) in [4.78, 5) is 15.6. The van der Waals surface area contributed by atoms with Gasteiger partial charge in [-0.25, -0.2) is 4.68 Å². The van der Waals surface area contributed by atoms with Crippen LogP contribution in [-0.4, -0.2) is 30.2 Å². The predicted molar refractivity (Wildman–Crippen MR) is 126 cm³/mol. The van der Waals surface area contributed by atoms with Gasteiger partial charge >= 0.3 is 0 Å². The van der Waals surface area contributed by atoms with Crippen LogP contribution < -0.4 is 5.56 Å². The molecule has 1 aliphatic rings. The number of aromatic nitrogens is 4. The topological polar surface area (TPSA) is 47.5 Å². The molecule has 0 atom stereocenters. The highest BCUT2D eigenvalue weighted by molar-refractivity contribution is 7.71. The minimum atomic E-state index is 0.00259. The van der Waals surface area contributed by atoms with Gasteiger partial charge in [-0.1, -0.05) is 50.2 Å². The lowest BCUT2D eigenvalue weighted by atomic mass is 10.0. The fourth-order valence-corrected chi connectivity index (χ4v) is 4.69. The molecule has 31 heavy (non-hydrogen) atoms. The molecule has 0 aliphatic carbocycles. The highest BCUT2D eigenvalue weighted by Crippen LogP contribution is 2.20. The van der Waals surface area contributed by atoms with E-state index in [2.05, 4.69) is 43.0 Å². The van der Waals surface area contributed by atoms with Gasteiger partial charge in [0.15, 0.2) is 0 Å². The average molecular weight is 434 g/mol. The lowest BCUT2D eigenvalue weighted by Crippen LogP contribution is -2.32. The van der Waals surface area contributed by atoms with Gasteiger partial charge in [-0.3, -0.25) is 18.7 Å². The molecule has 0 amide bonds. The van der Waals surface area contributed by atoms with Gasteiger partial charge in [-0.2, -0.15) is 0 Å². The van der Waals surface area contributed by atoms with Gasteiger partial charge in [-0.15, -0.1) is 5.10 Å². The summed E-state index contributed by atoms with van der Waals surface area (Å²) in [6.07, 6.45) is 1.94. The number of para-hydroxylation sites is 1. The Balaban J connectivity index is 1.60. The molecular formula is C24H27N5OS. The smallest absolute Gasteiger partial charge is 0.262 e. The van der Waals surface area contributed by atoms with Crippen molar-refractivity contribution in [3.05, 3.63) is 74.8 Å². The molecule has 160 valence electrons. The van der Waals surface area contributed by atoms with E-state index in [0.29, 0.717) is 35.1 Å². The number of rotatable bonds is 5. The third kappa shape index (κ3) is 3.62. The standard InChI is InChI=1S/C24H27N5OS/c1-17(2)11-14-27-22(30)20-9-5-6-10-21(20)29-23(27)25-28(24(29)31)16-26-13-12-18-7-3-4-8-19(18)15-26/h3-10,17H,11-16H2,1-2H3. The summed E-state index contributed by atoms with van der Waals surface area (Å²) in [6.45, 7) is 7.43. The normalized spacial score (nSPS) is 14.5. The van der Waals surface area contributed by atoms with Crippen molar-refractivity contribution in [1.29, 1.82) is 0 Å². The van der Waals surface area contributed by atoms with Gasteiger partial charge in [0.1, 0.15) is 0 Å². The van der Waals surface area contributed by atoms with Gasteiger partial charge < -0.3 is 0 Å². The lowest BCUT2D eigenvalue weighted by molar-refractivity contribution is 0.188. The van der Waals surface area contributed by atoms with Crippen LogP contribution in [0, 0.1) is 10.7 Å². The second kappa shape index (κ2) is 8.05. The van der Waals surface area contributed by atoms with Crippen LogP contribution in [0.2, 0.25) is 0 Å².